The van der Waals surface area contributed by atoms with Crippen LogP contribution in [0.1, 0.15) is 15.9 Å². The number of nitriles is 1. The first kappa shape index (κ1) is 19.1. The lowest BCUT2D eigenvalue weighted by molar-refractivity contribution is 0.102. The number of methoxy groups -OCH3 is 1. The zero-order chi connectivity index (χ0) is 20.4. The van der Waals surface area contributed by atoms with E-state index in [4.69, 9.17) is 4.74 Å². The first-order valence-corrected chi connectivity index (χ1v) is 9.66. The second kappa shape index (κ2) is 7.99. The molecule has 8 heteroatoms. The highest BCUT2D eigenvalue weighted by Gasteiger charge is 2.22. The highest BCUT2D eigenvalue weighted by molar-refractivity contribution is 9.10. The number of hydrogen-bond acceptors (Lipinski definition) is 5. The lowest BCUT2D eigenvalue weighted by atomic mass is 10.2. The summed E-state index contributed by atoms with van der Waals surface area (Å²) in [4.78, 5) is 22.2. The number of halogens is 1. The Kier molecular flexibility index (Phi) is 5.25. The zero-order valence-electron chi connectivity index (χ0n) is 15.5. The van der Waals surface area contributed by atoms with Gasteiger partial charge in [-0.3, -0.25) is 4.79 Å². The maximum Gasteiger partial charge on any atom is 0.256 e. The van der Waals surface area contributed by atoms with E-state index in [1.54, 1.807) is 29.9 Å². The van der Waals surface area contributed by atoms with E-state index in [1.165, 1.54) is 0 Å². The fourth-order valence-electron chi connectivity index (χ4n) is 3.15. The average Bonchev–Trinajstić information content (AvgIpc) is 3.01. The Morgan fingerprint density at radius 2 is 1.97 bits per heavy atom. The molecule has 0 aliphatic carbocycles. The van der Waals surface area contributed by atoms with Gasteiger partial charge in [0.2, 0.25) is 0 Å². The summed E-state index contributed by atoms with van der Waals surface area (Å²) in [7, 11) is 1.59. The van der Waals surface area contributed by atoms with Crippen molar-refractivity contribution in [2.75, 3.05) is 19.0 Å². The van der Waals surface area contributed by atoms with Crippen molar-refractivity contribution in [3.05, 3.63) is 64.1 Å². The van der Waals surface area contributed by atoms with Crippen LogP contribution >= 0.6 is 15.9 Å². The van der Waals surface area contributed by atoms with Gasteiger partial charge in [0.05, 0.1) is 17.6 Å². The van der Waals surface area contributed by atoms with Gasteiger partial charge in [-0.1, -0.05) is 34.1 Å². The molecule has 0 atom stereocenters. The standard InChI is InChI=1S/C21H16BrN5O2/c1-29-10-9-27-19(26-21(28)13-5-4-6-14(22)11-13)15(12-23)18-20(27)25-17-8-3-2-7-16(17)24-18/h2-8,11H,9-10H2,1H3,(H,26,28). The van der Waals surface area contributed by atoms with Crippen molar-refractivity contribution in [1.29, 1.82) is 5.26 Å². The molecule has 0 aliphatic heterocycles. The summed E-state index contributed by atoms with van der Waals surface area (Å²) in [5, 5.41) is 12.7. The summed E-state index contributed by atoms with van der Waals surface area (Å²) < 4.78 is 7.78. The number of rotatable bonds is 5. The molecule has 0 saturated heterocycles. The van der Waals surface area contributed by atoms with Gasteiger partial charge in [0.25, 0.3) is 5.91 Å². The summed E-state index contributed by atoms with van der Waals surface area (Å²) >= 11 is 3.37. The molecule has 0 aliphatic rings. The molecule has 4 rings (SSSR count). The Hall–Kier alpha value is -3.28. The molecule has 1 amide bonds. The number of amides is 1. The summed E-state index contributed by atoms with van der Waals surface area (Å²) in [6, 6.07) is 16.7. The van der Waals surface area contributed by atoms with Crippen LogP contribution in [0.3, 0.4) is 0 Å². The van der Waals surface area contributed by atoms with E-state index in [0.717, 1.165) is 4.47 Å². The second-order valence-electron chi connectivity index (χ2n) is 6.33. The highest BCUT2D eigenvalue weighted by atomic mass is 79.9. The Balaban J connectivity index is 1.89. The molecule has 0 bridgehead atoms. The number of aromatic nitrogens is 3. The van der Waals surface area contributed by atoms with E-state index < -0.39 is 0 Å². The van der Waals surface area contributed by atoms with Crippen LogP contribution in [-0.2, 0) is 11.3 Å². The van der Waals surface area contributed by atoms with Crippen LogP contribution < -0.4 is 5.32 Å². The molecule has 0 radical (unpaired) electrons. The first-order valence-electron chi connectivity index (χ1n) is 8.87. The molecule has 29 heavy (non-hydrogen) atoms. The van der Waals surface area contributed by atoms with E-state index in [9.17, 15) is 10.1 Å². The van der Waals surface area contributed by atoms with Crippen LogP contribution in [0.25, 0.3) is 22.2 Å². The summed E-state index contributed by atoms with van der Waals surface area (Å²) in [6.07, 6.45) is 0. The smallest absolute Gasteiger partial charge is 0.256 e. The number of ether oxygens (including phenoxy) is 1. The van der Waals surface area contributed by atoms with Gasteiger partial charge in [-0.15, -0.1) is 0 Å². The molecule has 0 fully saturated rings. The van der Waals surface area contributed by atoms with Gasteiger partial charge in [0.15, 0.2) is 5.65 Å². The van der Waals surface area contributed by atoms with Crippen LogP contribution in [0.4, 0.5) is 5.82 Å². The van der Waals surface area contributed by atoms with Gasteiger partial charge in [-0.2, -0.15) is 5.26 Å². The maximum absolute atomic E-state index is 12.8. The third kappa shape index (κ3) is 3.58. The van der Waals surface area contributed by atoms with Gasteiger partial charge in [0.1, 0.15) is 23.0 Å². The van der Waals surface area contributed by atoms with Crippen molar-refractivity contribution in [1.82, 2.24) is 14.5 Å². The molecule has 0 spiro atoms. The van der Waals surface area contributed by atoms with Gasteiger partial charge in [-0.25, -0.2) is 9.97 Å². The largest absolute Gasteiger partial charge is 0.383 e. The summed E-state index contributed by atoms with van der Waals surface area (Å²) in [5.41, 5.74) is 3.13. The van der Waals surface area contributed by atoms with Crippen molar-refractivity contribution in [3.8, 4) is 6.07 Å². The quantitative estimate of drug-likeness (QED) is 0.494. The number of para-hydroxylation sites is 2. The average molecular weight is 450 g/mol. The molecule has 2 aromatic heterocycles. The molecule has 144 valence electrons. The minimum atomic E-state index is -0.325. The van der Waals surface area contributed by atoms with Crippen LogP contribution in [0.2, 0.25) is 0 Å². The molecule has 1 N–H and O–H groups in total. The summed E-state index contributed by atoms with van der Waals surface area (Å²) in [5.74, 6) is 0.0358. The van der Waals surface area contributed by atoms with Crippen molar-refractivity contribution in [3.63, 3.8) is 0 Å². The number of nitrogens with one attached hydrogen (secondary N) is 1. The lowest BCUT2D eigenvalue weighted by Crippen LogP contribution is -2.17. The number of benzene rings is 2. The van der Waals surface area contributed by atoms with Crippen molar-refractivity contribution in [2.24, 2.45) is 0 Å². The molecular formula is C21H16BrN5O2. The molecular weight excluding hydrogens is 434 g/mol. The normalized spacial score (nSPS) is 10.9. The number of nitrogens with zero attached hydrogens (tertiary/aromatic N) is 4. The van der Waals surface area contributed by atoms with Crippen LogP contribution in [-0.4, -0.2) is 34.2 Å². The van der Waals surface area contributed by atoms with E-state index in [0.29, 0.717) is 46.7 Å². The molecule has 2 heterocycles. The van der Waals surface area contributed by atoms with Crippen LogP contribution in [0.15, 0.2) is 53.0 Å². The molecule has 0 unspecified atom stereocenters. The predicted octanol–water partition coefficient (Wildman–Crippen LogP) is 4.12. The number of anilines is 1. The van der Waals surface area contributed by atoms with Gasteiger partial charge >= 0.3 is 0 Å². The fourth-order valence-corrected chi connectivity index (χ4v) is 3.54. The molecule has 7 nitrogen and oxygen atoms in total. The van der Waals surface area contributed by atoms with Crippen LogP contribution in [0.5, 0.6) is 0 Å². The Morgan fingerprint density at radius 3 is 2.66 bits per heavy atom. The van der Waals surface area contributed by atoms with E-state index in [-0.39, 0.29) is 11.5 Å². The third-order valence-electron chi connectivity index (χ3n) is 4.50. The Morgan fingerprint density at radius 1 is 1.21 bits per heavy atom. The Bertz CT molecular complexity index is 1280. The molecule has 4 aromatic rings. The van der Waals surface area contributed by atoms with E-state index >= 15 is 0 Å². The minimum absolute atomic E-state index is 0.276. The number of carbonyl (C=O) groups is 1. The second-order valence-corrected chi connectivity index (χ2v) is 7.24. The predicted molar refractivity (Wildman–Crippen MR) is 114 cm³/mol. The minimum Gasteiger partial charge on any atom is -0.383 e. The lowest BCUT2D eigenvalue weighted by Gasteiger charge is -2.11. The van der Waals surface area contributed by atoms with Gasteiger partial charge in [0, 0.05) is 23.7 Å². The SMILES string of the molecule is COCCn1c(NC(=O)c2cccc(Br)c2)c(C#N)c2nc3ccccc3nc21. The third-order valence-corrected chi connectivity index (χ3v) is 4.99. The van der Waals surface area contributed by atoms with E-state index in [1.807, 2.05) is 30.3 Å². The summed E-state index contributed by atoms with van der Waals surface area (Å²) in [6.45, 7) is 0.804. The fraction of sp³-hybridized carbons (Fsp3) is 0.143. The molecule has 2 aromatic carbocycles. The van der Waals surface area contributed by atoms with Crippen molar-refractivity contribution < 1.29 is 9.53 Å². The van der Waals surface area contributed by atoms with E-state index in [2.05, 4.69) is 37.3 Å². The maximum atomic E-state index is 12.8. The van der Waals surface area contributed by atoms with Crippen LogP contribution in [0, 0.1) is 11.3 Å². The first-order chi connectivity index (χ1) is 14.1. The van der Waals surface area contributed by atoms with Crippen molar-refractivity contribution >= 4 is 49.9 Å². The number of fused-ring (bicyclic) bond motifs is 2. The molecule has 0 saturated carbocycles. The monoisotopic (exact) mass is 449 g/mol. The number of hydrogen-bond donors (Lipinski definition) is 1. The number of carbonyl (C=O) groups excluding carboxylic acids is 1. The van der Waals surface area contributed by atoms with Crippen molar-refractivity contribution in [2.45, 2.75) is 6.54 Å². The van der Waals surface area contributed by atoms with Gasteiger partial charge < -0.3 is 14.6 Å². The zero-order valence-corrected chi connectivity index (χ0v) is 17.1. The van der Waals surface area contributed by atoms with Gasteiger partial charge in [-0.05, 0) is 30.3 Å². The Labute approximate surface area is 175 Å². The highest BCUT2D eigenvalue weighted by Crippen LogP contribution is 2.29. The topological polar surface area (TPSA) is 92.8 Å².